The van der Waals surface area contributed by atoms with E-state index >= 15 is 0 Å². The van der Waals surface area contributed by atoms with E-state index in [9.17, 15) is 4.79 Å². The minimum atomic E-state index is -0.377. The number of methoxy groups -OCH3 is 1. The number of aryl methyl sites for hydroxylation is 2. The van der Waals surface area contributed by atoms with E-state index in [1.807, 2.05) is 49.6 Å². The minimum absolute atomic E-state index is 0.129. The van der Waals surface area contributed by atoms with Gasteiger partial charge in [0.2, 0.25) is 5.91 Å². The van der Waals surface area contributed by atoms with Gasteiger partial charge in [-0.1, -0.05) is 30.0 Å². The molecule has 0 aliphatic carbocycles. The highest BCUT2D eigenvalue weighted by molar-refractivity contribution is 8.00. The summed E-state index contributed by atoms with van der Waals surface area (Å²) >= 11 is 2.81. The van der Waals surface area contributed by atoms with Crippen LogP contribution in [0.25, 0.3) is 11.4 Å². The number of hydrogen-bond acceptors (Lipinski definition) is 7. The number of amides is 1. The van der Waals surface area contributed by atoms with E-state index in [0.29, 0.717) is 28.4 Å². The second kappa shape index (κ2) is 9.23. The molecular formula is C20H23N5O2S2. The predicted octanol–water partition coefficient (Wildman–Crippen LogP) is 4.33. The molecule has 3 rings (SSSR count). The highest BCUT2D eigenvalue weighted by Gasteiger charge is 2.22. The van der Waals surface area contributed by atoms with Gasteiger partial charge in [-0.05, 0) is 32.9 Å². The zero-order valence-corrected chi connectivity index (χ0v) is 18.4. The number of para-hydroxylation sites is 1. The maximum atomic E-state index is 12.6. The zero-order valence-electron chi connectivity index (χ0n) is 16.8. The number of hydrogen-bond donors (Lipinski definition) is 1. The van der Waals surface area contributed by atoms with Gasteiger partial charge in [-0.15, -0.1) is 28.1 Å². The first-order valence-corrected chi connectivity index (χ1v) is 10.7. The Bertz CT molecular complexity index is 1010. The first-order chi connectivity index (χ1) is 13.9. The van der Waals surface area contributed by atoms with Crippen molar-refractivity contribution in [3.05, 3.63) is 47.5 Å². The zero-order chi connectivity index (χ0) is 21.0. The van der Waals surface area contributed by atoms with E-state index in [1.54, 1.807) is 13.2 Å². The molecule has 29 heavy (non-hydrogen) atoms. The topological polar surface area (TPSA) is 81.9 Å². The molecule has 1 amide bonds. The number of benzene rings is 1. The van der Waals surface area contributed by atoms with Crippen LogP contribution < -0.4 is 10.1 Å². The van der Waals surface area contributed by atoms with Crippen LogP contribution in [0.3, 0.4) is 0 Å². The molecule has 0 radical (unpaired) electrons. The van der Waals surface area contributed by atoms with Crippen LogP contribution in [-0.4, -0.2) is 38.0 Å². The van der Waals surface area contributed by atoms with Crippen LogP contribution in [-0.2, 0) is 11.3 Å². The molecule has 0 aliphatic rings. The minimum Gasteiger partial charge on any atom is -0.496 e. The van der Waals surface area contributed by atoms with Crippen molar-refractivity contribution in [2.75, 3.05) is 12.4 Å². The number of allylic oxidation sites excluding steroid dienone is 1. The van der Waals surface area contributed by atoms with Crippen LogP contribution in [0.1, 0.15) is 17.5 Å². The number of thiazole rings is 1. The fraction of sp³-hybridized carbons (Fsp3) is 0.300. The number of anilines is 1. The molecule has 3 aromatic rings. The Morgan fingerprint density at radius 2 is 2.14 bits per heavy atom. The van der Waals surface area contributed by atoms with Gasteiger partial charge < -0.3 is 10.1 Å². The van der Waals surface area contributed by atoms with Gasteiger partial charge in [-0.25, -0.2) is 4.98 Å². The van der Waals surface area contributed by atoms with E-state index < -0.39 is 0 Å². The van der Waals surface area contributed by atoms with Crippen LogP contribution in [0.4, 0.5) is 5.13 Å². The molecule has 1 N–H and O–H groups in total. The number of rotatable bonds is 8. The van der Waals surface area contributed by atoms with Crippen molar-refractivity contribution in [1.82, 2.24) is 19.7 Å². The van der Waals surface area contributed by atoms with Gasteiger partial charge in [0, 0.05) is 11.4 Å². The fourth-order valence-corrected chi connectivity index (χ4v) is 4.32. The first-order valence-electron chi connectivity index (χ1n) is 9.03. The number of carbonyl (C=O) groups is 1. The Balaban J connectivity index is 1.82. The molecule has 0 saturated heterocycles. The molecular weight excluding hydrogens is 406 g/mol. The Hall–Kier alpha value is -2.65. The summed E-state index contributed by atoms with van der Waals surface area (Å²) in [6.07, 6.45) is 1.78. The lowest BCUT2D eigenvalue weighted by molar-refractivity contribution is -0.115. The molecule has 0 spiro atoms. The van der Waals surface area contributed by atoms with Crippen LogP contribution in [0, 0.1) is 13.8 Å². The van der Waals surface area contributed by atoms with Crippen LogP contribution >= 0.6 is 23.1 Å². The summed E-state index contributed by atoms with van der Waals surface area (Å²) in [5, 5.41) is 12.4. The smallest absolute Gasteiger partial charge is 0.239 e. The van der Waals surface area contributed by atoms with Gasteiger partial charge in [0.25, 0.3) is 0 Å². The Labute approximate surface area is 178 Å². The average Bonchev–Trinajstić information content (AvgIpc) is 3.24. The number of ether oxygens (including phenoxy) is 1. The van der Waals surface area contributed by atoms with Crippen LogP contribution in [0.15, 0.2) is 42.1 Å². The lowest BCUT2D eigenvalue weighted by Crippen LogP contribution is -2.22. The van der Waals surface area contributed by atoms with Crippen molar-refractivity contribution < 1.29 is 9.53 Å². The number of thioether (sulfide) groups is 1. The lowest BCUT2D eigenvalue weighted by atomic mass is 10.2. The maximum absolute atomic E-state index is 12.6. The van der Waals surface area contributed by atoms with Crippen molar-refractivity contribution in [3.8, 4) is 17.1 Å². The van der Waals surface area contributed by atoms with Gasteiger partial charge >= 0.3 is 0 Å². The highest BCUT2D eigenvalue weighted by Crippen LogP contribution is 2.32. The van der Waals surface area contributed by atoms with E-state index in [0.717, 1.165) is 16.1 Å². The van der Waals surface area contributed by atoms with Crippen molar-refractivity contribution in [1.29, 1.82) is 0 Å². The summed E-state index contributed by atoms with van der Waals surface area (Å²) in [5.41, 5.74) is 1.76. The predicted molar refractivity (Wildman–Crippen MR) is 118 cm³/mol. The van der Waals surface area contributed by atoms with Gasteiger partial charge in [0.05, 0.1) is 23.6 Å². The highest BCUT2D eigenvalue weighted by atomic mass is 32.2. The van der Waals surface area contributed by atoms with Crippen molar-refractivity contribution in [2.45, 2.75) is 37.7 Å². The monoisotopic (exact) mass is 429 g/mol. The summed E-state index contributed by atoms with van der Waals surface area (Å²) < 4.78 is 7.38. The van der Waals surface area contributed by atoms with Gasteiger partial charge in [-0.3, -0.25) is 9.36 Å². The Morgan fingerprint density at radius 1 is 1.38 bits per heavy atom. The molecule has 0 aliphatic heterocycles. The number of aromatic nitrogens is 4. The maximum Gasteiger partial charge on any atom is 0.239 e. The summed E-state index contributed by atoms with van der Waals surface area (Å²) in [6, 6.07) is 7.63. The first kappa shape index (κ1) is 21.1. The molecule has 1 atom stereocenters. The third kappa shape index (κ3) is 4.68. The van der Waals surface area contributed by atoms with Crippen molar-refractivity contribution in [3.63, 3.8) is 0 Å². The normalized spacial score (nSPS) is 11.9. The molecule has 0 bridgehead atoms. The van der Waals surface area contributed by atoms with E-state index in [4.69, 9.17) is 4.74 Å². The van der Waals surface area contributed by atoms with Crippen LogP contribution in [0.5, 0.6) is 5.75 Å². The quantitative estimate of drug-likeness (QED) is 0.424. The Kier molecular flexibility index (Phi) is 6.71. The van der Waals surface area contributed by atoms with Crippen LogP contribution in [0.2, 0.25) is 0 Å². The molecule has 1 aromatic carbocycles. The summed E-state index contributed by atoms with van der Waals surface area (Å²) in [4.78, 5) is 18.1. The summed E-state index contributed by atoms with van der Waals surface area (Å²) in [5.74, 6) is 1.25. The second-order valence-corrected chi connectivity index (χ2v) is 8.83. The summed E-state index contributed by atoms with van der Waals surface area (Å²) in [6.45, 7) is 10.1. The molecule has 152 valence electrons. The van der Waals surface area contributed by atoms with Gasteiger partial charge in [0.1, 0.15) is 5.75 Å². The van der Waals surface area contributed by atoms with Gasteiger partial charge in [0.15, 0.2) is 16.1 Å². The third-order valence-electron chi connectivity index (χ3n) is 4.29. The largest absolute Gasteiger partial charge is 0.496 e. The fourth-order valence-electron chi connectivity index (χ4n) is 2.64. The molecule has 0 saturated carbocycles. The third-order valence-corrected chi connectivity index (χ3v) is 6.36. The average molecular weight is 430 g/mol. The molecule has 0 fully saturated rings. The summed E-state index contributed by atoms with van der Waals surface area (Å²) in [7, 11) is 1.62. The van der Waals surface area contributed by atoms with Crippen molar-refractivity contribution >= 4 is 34.1 Å². The Morgan fingerprint density at radius 3 is 2.79 bits per heavy atom. The van der Waals surface area contributed by atoms with Gasteiger partial charge in [-0.2, -0.15) is 0 Å². The van der Waals surface area contributed by atoms with E-state index in [1.165, 1.54) is 23.1 Å². The van der Waals surface area contributed by atoms with Crippen molar-refractivity contribution in [2.24, 2.45) is 0 Å². The molecule has 2 aromatic heterocycles. The SMILES string of the molecule is C=CCn1c(S[C@@H](C)C(=O)Nc2nc(C)c(C)s2)nnc1-c1ccccc1OC. The second-order valence-electron chi connectivity index (χ2n) is 6.32. The molecule has 0 unspecified atom stereocenters. The standard InChI is InChI=1S/C20H23N5O2S2/c1-6-11-25-17(15-9-7-8-10-16(15)27-5)23-24-20(25)29-14(4)18(26)22-19-21-12(2)13(3)28-19/h6-10,14H,1,11H2,2-5H3,(H,21,22,26)/t14-/m0/s1. The number of nitrogens with one attached hydrogen (secondary N) is 1. The van der Waals surface area contributed by atoms with E-state index in [-0.39, 0.29) is 11.2 Å². The van der Waals surface area contributed by atoms with E-state index in [2.05, 4.69) is 27.1 Å². The molecule has 9 heteroatoms. The number of carbonyl (C=O) groups excluding carboxylic acids is 1. The molecule has 2 heterocycles. The number of nitrogens with zero attached hydrogens (tertiary/aromatic N) is 4. The lowest BCUT2D eigenvalue weighted by Gasteiger charge is -2.13. The molecule has 7 nitrogen and oxygen atoms in total.